The van der Waals surface area contributed by atoms with Crippen molar-refractivity contribution >= 4 is 23.2 Å². The summed E-state index contributed by atoms with van der Waals surface area (Å²) in [4.78, 5) is 31.8. The third kappa shape index (κ3) is 4.84. The van der Waals surface area contributed by atoms with Gasteiger partial charge in [0.15, 0.2) is 11.5 Å². The van der Waals surface area contributed by atoms with E-state index in [1.54, 1.807) is 34.4 Å². The topological polar surface area (TPSA) is 68.3 Å². The first-order valence-electron chi connectivity index (χ1n) is 11.8. The Morgan fingerprint density at radius 1 is 1.11 bits per heavy atom. The molecule has 0 bridgehead atoms. The van der Waals surface area contributed by atoms with E-state index in [0.717, 1.165) is 17.7 Å². The zero-order chi connectivity index (χ0) is 24.4. The lowest BCUT2D eigenvalue weighted by atomic mass is 10.00. The van der Waals surface area contributed by atoms with Crippen molar-refractivity contribution in [3.63, 3.8) is 0 Å². The Morgan fingerprint density at radius 3 is 2.71 bits per heavy atom. The van der Waals surface area contributed by atoms with Crippen molar-refractivity contribution in [2.24, 2.45) is 0 Å². The van der Waals surface area contributed by atoms with Gasteiger partial charge in [-0.2, -0.15) is 0 Å². The summed E-state index contributed by atoms with van der Waals surface area (Å²) in [5.41, 5.74) is 1.60. The number of hydrogen-bond acceptors (Lipinski definition) is 6. The Hall–Kier alpha value is -3.52. The fourth-order valence-corrected chi connectivity index (χ4v) is 5.42. The van der Waals surface area contributed by atoms with E-state index in [1.807, 2.05) is 49.1 Å². The van der Waals surface area contributed by atoms with Crippen LogP contribution in [0, 0.1) is 0 Å². The molecule has 3 aromatic rings. The van der Waals surface area contributed by atoms with Crippen molar-refractivity contribution in [1.29, 1.82) is 0 Å². The molecule has 1 atom stereocenters. The smallest absolute Gasteiger partial charge is 0.254 e. The number of amides is 2. The van der Waals surface area contributed by atoms with Crippen molar-refractivity contribution in [3.8, 4) is 17.2 Å². The molecule has 182 valence electrons. The number of ether oxygens (including phenoxy) is 3. The second kappa shape index (κ2) is 10.00. The van der Waals surface area contributed by atoms with Crippen molar-refractivity contribution in [2.45, 2.75) is 32.4 Å². The summed E-state index contributed by atoms with van der Waals surface area (Å²) >= 11 is 1.72. The van der Waals surface area contributed by atoms with Gasteiger partial charge >= 0.3 is 0 Å². The highest BCUT2D eigenvalue weighted by atomic mass is 32.1. The number of nitrogens with zero attached hydrogens (tertiary/aromatic N) is 2. The number of rotatable bonds is 7. The molecule has 2 amide bonds. The lowest BCUT2D eigenvalue weighted by Gasteiger charge is -2.37. The number of thiophene rings is 1. The molecule has 1 aromatic heterocycles. The molecule has 0 aliphatic carbocycles. The van der Waals surface area contributed by atoms with Gasteiger partial charge in [0.1, 0.15) is 18.9 Å². The molecule has 5 rings (SSSR count). The van der Waals surface area contributed by atoms with Crippen LogP contribution in [0.15, 0.2) is 60.0 Å². The van der Waals surface area contributed by atoms with Gasteiger partial charge in [-0.1, -0.05) is 18.2 Å². The van der Waals surface area contributed by atoms with Crippen LogP contribution >= 0.6 is 11.3 Å². The van der Waals surface area contributed by atoms with E-state index in [4.69, 9.17) is 14.2 Å². The average Bonchev–Trinajstić information content (AvgIpc) is 3.54. The molecular formula is C27H28N2O5S. The van der Waals surface area contributed by atoms with Gasteiger partial charge in [0.25, 0.3) is 5.91 Å². The number of fused-ring (bicyclic) bond motifs is 2. The van der Waals surface area contributed by atoms with Crippen LogP contribution in [0.3, 0.4) is 0 Å². The fourth-order valence-electron chi connectivity index (χ4n) is 4.49. The van der Waals surface area contributed by atoms with E-state index in [2.05, 4.69) is 11.4 Å². The third-order valence-corrected chi connectivity index (χ3v) is 7.37. The highest BCUT2D eigenvalue weighted by Crippen LogP contribution is 2.35. The highest BCUT2D eigenvalue weighted by molar-refractivity contribution is 7.10. The summed E-state index contributed by atoms with van der Waals surface area (Å²) in [6.07, 6.45) is 0.804. The van der Waals surface area contributed by atoms with Gasteiger partial charge in [0, 0.05) is 23.0 Å². The Labute approximate surface area is 208 Å². The Bertz CT molecular complexity index is 1210. The molecule has 1 unspecified atom stereocenters. The van der Waals surface area contributed by atoms with Crippen LogP contribution in [-0.4, -0.2) is 54.1 Å². The van der Waals surface area contributed by atoms with Crippen molar-refractivity contribution in [2.75, 3.05) is 26.5 Å². The molecule has 0 fully saturated rings. The normalized spacial score (nSPS) is 16.2. The summed E-state index contributed by atoms with van der Waals surface area (Å²) in [6.45, 7) is 4.93. The SMILES string of the molecule is CC(C)N(CC(=O)N1CCc2sccc2C1COc1ccccc1)C(=O)c1ccc2c(c1)OCO2. The molecule has 7 nitrogen and oxygen atoms in total. The molecule has 2 aliphatic heterocycles. The van der Waals surface area contributed by atoms with E-state index in [1.165, 1.54) is 4.88 Å². The summed E-state index contributed by atoms with van der Waals surface area (Å²) in [7, 11) is 0. The summed E-state index contributed by atoms with van der Waals surface area (Å²) < 4.78 is 16.9. The van der Waals surface area contributed by atoms with Gasteiger partial charge in [-0.25, -0.2) is 0 Å². The van der Waals surface area contributed by atoms with E-state index >= 15 is 0 Å². The van der Waals surface area contributed by atoms with Crippen LogP contribution in [0.5, 0.6) is 17.2 Å². The van der Waals surface area contributed by atoms with E-state index < -0.39 is 0 Å². The first-order valence-corrected chi connectivity index (χ1v) is 12.6. The zero-order valence-electron chi connectivity index (χ0n) is 19.8. The molecule has 0 N–H and O–H groups in total. The Balaban J connectivity index is 1.34. The van der Waals surface area contributed by atoms with Crippen LogP contribution in [0.4, 0.5) is 0 Å². The van der Waals surface area contributed by atoms with Crippen molar-refractivity contribution < 1.29 is 23.8 Å². The van der Waals surface area contributed by atoms with E-state index in [9.17, 15) is 9.59 Å². The second-order valence-corrected chi connectivity index (χ2v) is 9.87. The molecule has 3 heterocycles. The van der Waals surface area contributed by atoms with E-state index in [-0.39, 0.29) is 37.2 Å². The first kappa shape index (κ1) is 23.2. The minimum absolute atomic E-state index is 0.00769. The third-order valence-electron chi connectivity index (χ3n) is 6.38. The van der Waals surface area contributed by atoms with Crippen LogP contribution in [0.25, 0.3) is 0 Å². The number of carbonyl (C=O) groups is 2. The highest BCUT2D eigenvalue weighted by Gasteiger charge is 2.34. The predicted octanol–water partition coefficient (Wildman–Crippen LogP) is 4.53. The van der Waals surface area contributed by atoms with Crippen LogP contribution in [-0.2, 0) is 11.2 Å². The number of carbonyl (C=O) groups excluding carboxylic acids is 2. The number of benzene rings is 2. The largest absolute Gasteiger partial charge is 0.491 e. The fraction of sp³-hybridized carbons (Fsp3) is 0.333. The minimum atomic E-state index is -0.211. The van der Waals surface area contributed by atoms with Gasteiger partial charge in [0.05, 0.1) is 6.04 Å². The van der Waals surface area contributed by atoms with Gasteiger partial charge < -0.3 is 24.0 Å². The lowest BCUT2D eigenvalue weighted by molar-refractivity contribution is -0.136. The molecule has 2 aromatic carbocycles. The molecule has 0 saturated carbocycles. The molecule has 35 heavy (non-hydrogen) atoms. The van der Waals surface area contributed by atoms with Gasteiger partial charge in [-0.15, -0.1) is 11.3 Å². The number of hydrogen-bond donors (Lipinski definition) is 0. The van der Waals surface area contributed by atoms with Crippen molar-refractivity contribution in [3.05, 3.63) is 76.0 Å². The minimum Gasteiger partial charge on any atom is -0.491 e. The van der Waals surface area contributed by atoms with Gasteiger partial charge in [-0.05, 0) is 67.6 Å². The average molecular weight is 493 g/mol. The molecule has 0 saturated heterocycles. The maximum atomic E-state index is 13.6. The standard InChI is InChI=1S/C27H28N2O5S/c1-18(2)29(27(31)19-8-9-23-24(14-19)34-17-33-23)15-26(30)28-12-10-25-21(11-13-35-25)22(28)16-32-20-6-4-3-5-7-20/h3-9,11,13-14,18,22H,10,12,15-17H2,1-2H3. The zero-order valence-corrected chi connectivity index (χ0v) is 20.6. The lowest BCUT2D eigenvalue weighted by Crippen LogP contribution is -2.49. The molecule has 8 heteroatoms. The van der Waals surface area contributed by atoms with Crippen LogP contribution < -0.4 is 14.2 Å². The summed E-state index contributed by atoms with van der Waals surface area (Å²) in [6, 6.07) is 16.5. The van der Waals surface area contributed by atoms with Crippen molar-refractivity contribution in [1.82, 2.24) is 9.80 Å². The summed E-state index contributed by atoms with van der Waals surface area (Å²) in [5.74, 6) is 1.63. The Kier molecular flexibility index (Phi) is 6.63. The van der Waals surface area contributed by atoms with E-state index in [0.29, 0.717) is 30.2 Å². The summed E-state index contributed by atoms with van der Waals surface area (Å²) in [5, 5.41) is 2.07. The maximum Gasteiger partial charge on any atom is 0.254 e. The molecule has 0 spiro atoms. The molecule has 2 aliphatic rings. The van der Waals surface area contributed by atoms with Crippen LogP contribution in [0.2, 0.25) is 0 Å². The molecule has 0 radical (unpaired) electrons. The Morgan fingerprint density at radius 2 is 1.91 bits per heavy atom. The molecular weight excluding hydrogens is 464 g/mol. The predicted molar refractivity (Wildman–Crippen MR) is 133 cm³/mol. The van der Waals surface area contributed by atoms with Gasteiger partial charge in [-0.3, -0.25) is 9.59 Å². The second-order valence-electron chi connectivity index (χ2n) is 8.87. The quantitative estimate of drug-likeness (QED) is 0.485. The maximum absolute atomic E-state index is 13.6. The monoisotopic (exact) mass is 492 g/mol. The number of para-hydroxylation sites is 1. The van der Waals surface area contributed by atoms with Gasteiger partial charge in [0.2, 0.25) is 12.7 Å². The van der Waals surface area contributed by atoms with Crippen LogP contribution in [0.1, 0.15) is 40.7 Å². The first-order chi connectivity index (χ1) is 17.0.